The Morgan fingerprint density at radius 1 is 1.32 bits per heavy atom. The second-order valence-corrected chi connectivity index (χ2v) is 5.93. The van der Waals surface area contributed by atoms with Crippen molar-refractivity contribution in [2.45, 2.75) is 71.2 Å². The summed E-state index contributed by atoms with van der Waals surface area (Å²) in [6, 6.07) is 0.0409. The third kappa shape index (κ3) is 3.29. The van der Waals surface area contributed by atoms with Crippen LogP contribution in [0.25, 0.3) is 0 Å². The number of carbonyl (C=O) groups is 1. The van der Waals surface area contributed by atoms with E-state index in [0.29, 0.717) is 17.9 Å². The van der Waals surface area contributed by atoms with Gasteiger partial charge in [-0.2, -0.15) is 0 Å². The molecule has 2 aliphatic heterocycles. The van der Waals surface area contributed by atoms with Gasteiger partial charge in [0, 0.05) is 19.1 Å². The van der Waals surface area contributed by atoms with Crippen molar-refractivity contribution in [2.75, 3.05) is 13.2 Å². The van der Waals surface area contributed by atoms with Crippen LogP contribution in [0.4, 0.5) is 0 Å². The molecule has 1 N–H and O–H groups in total. The van der Waals surface area contributed by atoms with Gasteiger partial charge in [-0.15, -0.1) is 0 Å². The molecular formula is C15H28N2O2. The minimum atomic E-state index is 0.0409. The molecule has 0 saturated carbocycles. The maximum Gasteiger partial charge on any atom is 0.241 e. The highest BCUT2D eigenvalue weighted by Gasteiger charge is 2.40. The molecule has 2 aliphatic rings. The molecule has 2 fully saturated rings. The Bertz CT molecular complexity index is 309. The molecule has 4 heteroatoms. The largest absolute Gasteiger partial charge is 0.378 e. The van der Waals surface area contributed by atoms with Gasteiger partial charge in [0.05, 0.1) is 18.3 Å². The van der Waals surface area contributed by atoms with E-state index in [-0.39, 0.29) is 12.2 Å². The molecule has 0 spiro atoms. The highest BCUT2D eigenvalue weighted by Crippen LogP contribution is 2.26. The average Bonchev–Trinajstić information content (AvgIpc) is 2.90. The van der Waals surface area contributed by atoms with Crippen LogP contribution in [0, 0.1) is 5.92 Å². The minimum absolute atomic E-state index is 0.0409. The molecule has 0 aromatic heterocycles. The molecule has 1 amide bonds. The lowest BCUT2D eigenvalue weighted by Crippen LogP contribution is -2.41. The Morgan fingerprint density at radius 3 is 2.63 bits per heavy atom. The minimum Gasteiger partial charge on any atom is -0.378 e. The molecule has 2 rings (SSSR count). The Labute approximate surface area is 116 Å². The Kier molecular flexibility index (Phi) is 5.22. The van der Waals surface area contributed by atoms with Crippen LogP contribution in [0.15, 0.2) is 0 Å². The van der Waals surface area contributed by atoms with Crippen LogP contribution in [0.5, 0.6) is 0 Å². The van der Waals surface area contributed by atoms with Gasteiger partial charge in [0.1, 0.15) is 0 Å². The predicted molar refractivity (Wildman–Crippen MR) is 75.8 cm³/mol. The highest BCUT2D eigenvalue weighted by atomic mass is 16.5. The van der Waals surface area contributed by atoms with Crippen LogP contribution in [0.1, 0.15) is 52.9 Å². The zero-order valence-corrected chi connectivity index (χ0v) is 12.5. The van der Waals surface area contributed by atoms with Crippen LogP contribution in [0.2, 0.25) is 0 Å². The third-order valence-electron chi connectivity index (χ3n) is 4.45. The number of carbonyl (C=O) groups excluding carboxylic acids is 1. The van der Waals surface area contributed by atoms with E-state index in [1.165, 1.54) is 0 Å². The topological polar surface area (TPSA) is 41.6 Å². The van der Waals surface area contributed by atoms with Gasteiger partial charge >= 0.3 is 0 Å². The normalized spacial score (nSPS) is 35.3. The van der Waals surface area contributed by atoms with Crippen LogP contribution in [0.3, 0.4) is 0 Å². The number of hydrogen-bond acceptors (Lipinski definition) is 3. The van der Waals surface area contributed by atoms with E-state index in [2.05, 4.69) is 31.0 Å². The summed E-state index contributed by atoms with van der Waals surface area (Å²) < 4.78 is 5.62. The Balaban J connectivity index is 1.99. The summed E-state index contributed by atoms with van der Waals surface area (Å²) in [4.78, 5) is 14.6. The number of nitrogens with one attached hydrogen (secondary N) is 1. The lowest BCUT2D eigenvalue weighted by atomic mass is 10.0. The van der Waals surface area contributed by atoms with Gasteiger partial charge < -0.3 is 9.64 Å². The molecule has 110 valence electrons. The average molecular weight is 268 g/mol. The van der Waals surface area contributed by atoms with Crippen molar-refractivity contribution in [2.24, 2.45) is 5.92 Å². The predicted octanol–water partition coefficient (Wildman–Crippen LogP) is 2.14. The van der Waals surface area contributed by atoms with E-state index in [4.69, 9.17) is 4.74 Å². The smallest absolute Gasteiger partial charge is 0.241 e. The summed E-state index contributed by atoms with van der Waals surface area (Å²) >= 11 is 0. The fourth-order valence-corrected chi connectivity index (χ4v) is 3.24. The number of amides is 1. The SMILES string of the molecule is CCCC1NC(CCC)N(CC2CCOC2C)C1=O. The van der Waals surface area contributed by atoms with Gasteiger partial charge in [0.2, 0.25) is 5.91 Å². The second-order valence-electron chi connectivity index (χ2n) is 5.93. The van der Waals surface area contributed by atoms with Crippen LogP contribution in [-0.4, -0.2) is 42.3 Å². The molecule has 2 saturated heterocycles. The molecular weight excluding hydrogens is 240 g/mol. The van der Waals surface area contributed by atoms with Crippen LogP contribution < -0.4 is 5.32 Å². The van der Waals surface area contributed by atoms with Gasteiger partial charge in [-0.1, -0.05) is 26.7 Å². The van der Waals surface area contributed by atoms with Gasteiger partial charge in [-0.05, 0) is 26.2 Å². The number of ether oxygens (including phenoxy) is 1. The maximum atomic E-state index is 12.5. The molecule has 0 aromatic rings. The van der Waals surface area contributed by atoms with E-state index < -0.39 is 0 Å². The Morgan fingerprint density at radius 2 is 2.05 bits per heavy atom. The first-order valence-corrected chi connectivity index (χ1v) is 7.85. The van der Waals surface area contributed by atoms with E-state index in [1.54, 1.807) is 0 Å². The Hall–Kier alpha value is -0.610. The first-order valence-electron chi connectivity index (χ1n) is 7.85. The molecule has 4 nitrogen and oxygen atoms in total. The number of nitrogens with zero attached hydrogens (tertiary/aromatic N) is 1. The number of hydrogen-bond donors (Lipinski definition) is 1. The first kappa shape index (κ1) is 14.8. The van der Waals surface area contributed by atoms with E-state index in [1.807, 2.05) is 0 Å². The fraction of sp³-hybridized carbons (Fsp3) is 0.933. The number of rotatable bonds is 6. The maximum absolute atomic E-state index is 12.5. The molecule has 0 aliphatic carbocycles. The quantitative estimate of drug-likeness (QED) is 0.802. The summed E-state index contributed by atoms with van der Waals surface area (Å²) in [6.45, 7) is 8.15. The molecule has 4 unspecified atom stereocenters. The van der Waals surface area contributed by atoms with Crippen molar-refractivity contribution in [3.05, 3.63) is 0 Å². The van der Waals surface area contributed by atoms with Crippen molar-refractivity contribution in [3.63, 3.8) is 0 Å². The van der Waals surface area contributed by atoms with Crippen molar-refractivity contribution in [3.8, 4) is 0 Å². The lowest BCUT2D eigenvalue weighted by molar-refractivity contribution is -0.131. The zero-order chi connectivity index (χ0) is 13.8. The van der Waals surface area contributed by atoms with Gasteiger partial charge in [0.25, 0.3) is 0 Å². The standard InChI is InChI=1S/C15H28N2O2/c1-4-6-13-15(18)17(14(16-13)7-5-2)10-12-8-9-19-11(12)3/h11-14,16H,4-10H2,1-3H3. The molecule has 4 atom stereocenters. The summed E-state index contributed by atoms with van der Waals surface area (Å²) in [5.74, 6) is 0.810. The monoisotopic (exact) mass is 268 g/mol. The molecule has 2 heterocycles. The van der Waals surface area contributed by atoms with E-state index >= 15 is 0 Å². The third-order valence-corrected chi connectivity index (χ3v) is 4.45. The van der Waals surface area contributed by atoms with E-state index in [9.17, 15) is 4.79 Å². The summed E-state index contributed by atoms with van der Waals surface area (Å²) in [7, 11) is 0. The van der Waals surface area contributed by atoms with Crippen molar-refractivity contribution in [1.82, 2.24) is 10.2 Å². The highest BCUT2D eigenvalue weighted by molar-refractivity contribution is 5.84. The van der Waals surface area contributed by atoms with Gasteiger partial charge in [-0.3, -0.25) is 10.1 Å². The summed E-state index contributed by atoms with van der Waals surface area (Å²) in [5.41, 5.74) is 0. The summed E-state index contributed by atoms with van der Waals surface area (Å²) in [6.07, 6.45) is 5.78. The molecule has 0 radical (unpaired) electrons. The second kappa shape index (κ2) is 6.71. The van der Waals surface area contributed by atoms with Crippen molar-refractivity contribution < 1.29 is 9.53 Å². The molecule has 0 aromatic carbocycles. The zero-order valence-electron chi connectivity index (χ0n) is 12.5. The van der Waals surface area contributed by atoms with Gasteiger partial charge in [-0.25, -0.2) is 0 Å². The first-order chi connectivity index (χ1) is 9.17. The van der Waals surface area contributed by atoms with Gasteiger partial charge in [0.15, 0.2) is 0 Å². The van der Waals surface area contributed by atoms with Crippen molar-refractivity contribution in [1.29, 1.82) is 0 Å². The molecule has 19 heavy (non-hydrogen) atoms. The van der Waals surface area contributed by atoms with Crippen molar-refractivity contribution >= 4 is 5.91 Å². The van der Waals surface area contributed by atoms with Crippen LogP contribution >= 0.6 is 0 Å². The molecule has 0 bridgehead atoms. The fourth-order valence-electron chi connectivity index (χ4n) is 3.24. The summed E-state index contributed by atoms with van der Waals surface area (Å²) in [5, 5.41) is 3.52. The lowest BCUT2D eigenvalue weighted by Gasteiger charge is -2.28. The van der Waals surface area contributed by atoms with E-state index in [0.717, 1.165) is 45.3 Å². The van der Waals surface area contributed by atoms with Crippen LogP contribution in [-0.2, 0) is 9.53 Å².